The lowest BCUT2D eigenvalue weighted by Crippen LogP contribution is -2.50. The van der Waals surface area contributed by atoms with E-state index < -0.39 is 5.54 Å². The Morgan fingerprint density at radius 3 is 2.30 bits per heavy atom. The summed E-state index contributed by atoms with van der Waals surface area (Å²) in [5.41, 5.74) is -1.08. The Bertz CT molecular complexity index is 298. The molecular formula is C15H27NO4. The van der Waals surface area contributed by atoms with Crippen LogP contribution in [-0.4, -0.2) is 30.0 Å². The minimum Gasteiger partial charge on any atom is -0.345 e. The third-order valence-corrected chi connectivity index (χ3v) is 3.70. The maximum atomic E-state index is 10.8. The zero-order chi connectivity index (χ0) is 14.8. The van der Waals surface area contributed by atoms with Crippen LogP contribution in [0.3, 0.4) is 0 Å². The minimum atomic E-state index is -1.08. The molecule has 116 valence electrons. The Morgan fingerprint density at radius 2 is 1.75 bits per heavy atom. The lowest BCUT2D eigenvalue weighted by Gasteiger charge is -2.31. The molecule has 1 saturated heterocycles. The van der Waals surface area contributed by atoms with Gasteiger partial charge >= 0.3 is 0 Å². The quantitative estimate of drug-likeness (QED) is 0.266. The first-order chi connectivity index (χ1) is 9.58. The summed E-state index contributed by atoms with van der Waals surface area (Å²) in [5.74, 6) is 0. The SMILES string of the molecule is C=CCCCCCCCCC1OCC(C)([N+](=O)[O-])CO1. The van der Waals surface area contributed by atoms with Crippen molar-refractivity contribution in [3.63, 3.8) is 0 Å². The fraction of sp³-hybridized carbons (Fsp3) is 0.867. The second-order valence-electron chi connectivity index (χ2n) is 5.79. The van der Waals surface area contributed by atoms with Crippen molar-refractivity contribution in [2.75, 3.05) is 13.2 Å². The molecule has 1 aliphatic heterocycles. The Morgan fingerprint density at radius 1 is 1.20 bits per heavy atom. The molecule has 0 aromatic carbocycles. The van der Waals surface area contributed by atoms with Crippen LogP contribution in [0.15, 0.2) is 12.7 Å². The normalized spacial score (nSPS) is 26.4. The Balaban J connectivity index is 1.99. The third-order valence-electron chi connectivity index (χ3n) is 3.70. The molecule has 0 radical (unpaired) electrons. The van der Waals surface area contributed by atoms with Crippen molar-refractivity contribution < 1.29 is 14.4 Å². The molecule has 5 nitrogen and oxygen atoms in total. The van der Waals surface area contributed by atoms with Crippen LogP contribution in [0.25, 0.3) is 0 Å². The van der Waals surface area contributed by atoms with E-state index in [-0.39, 0.29) is 24.4 Å². The van der Waals surface area contributed by atoms with E-state index in [2.05, 4.69) is 6.58 Å². The summed E-state index contributed by atoms with van der Waals surface area (Å²) in [6.45, 7) is 5.56. The molecule has 0 aliphatic carbocycles. The van der Waals surface area contributed by atoms with Crippen LogP contribution in [0.5, 0.6) is 0 Å². The summed E-state index contributed by atoms with van der Waals surface area (Å²) in [6, 6.07) is 0. The Labute approximate surface area is 121 Å². The predicted molar refractivity (Wildman–Crippen MR) is 78.2 cm³/mol. The molecule has 1 aliphatic rings. The predicted octanol–water partition coefficient (Wildman–Crippen LogP) is 3.70. The molecule has 0 bridgehead atoms. The zero-order valence-corrected chi connectivity index (χ0v) is 12.5. The van der Waals surface area contributed by atoms with Crippen molar-refractivity contribution in [3.8, 4) is 0 Å². The van der Waals surface area contributed by atoms with Gasteiger partial charge in [0.25, 0.3) is 5.54 Å². The maximum Gasteiger partial charge on any atom is 0.265 e. The molecule has 0 unspecified atom stereocenters. The first-order valence-corrected chi connectivity index (χ1v) is 7.57. The topological polar surface area (TPSA) is 61.6 Å². The van der Waals surface area contributed by atoms with E-state index in [1.165, 1.54) is 32.1 Å². The fourth-order valence-electron chi connectivity index (χ4n) is 2.21. The molecule has 1 fully saturated rings. The van der Waals surface area contributed by atoms with Gasteiger partial charge in [0.2, 0.25) is 0 Å². The average Bonchev–Trinajstić information content (AvgIpc) is 2.44. The molecule has 0 saturated carbocycles. The summed E-state index contributed by atoms with van der Waals surface area (Å²) in [6.07, 6.45) is 10.9. The summed E-state index contributed by atoms with van der Waals surface area (Å²) in [5, 5.41) is 10.8. The molecule has 5 heteroatoms. The highest BCUT2D eigenvalue weighted by atomic mass is 16.7. The monoisotopic (exact) mass is 285 g/mol. The molecule has 0 spiro atoms. The summed E-state index contributed by atoms with van der Waals surface area (Å²) in [7, 11) is 0. The van der Waals surface area contributed by atoms with Gasteiger partial charge in [-0.15, -0.1) is 6.58 Å². The standard InChI is InChI=1S/C15H27NO4/c1-3-4-5-6-7-8-9-10-11-14-19-12-15(2,13-20-14)16(17)18/h3,14H,1,4-13H2,2H3. The zero-order valence-electron chi connectivity index (χ0n) is 12.5. The molecule has 1 rings (SSSR count). The molecule has 0 aromatic rings. The molecule has 1 heterocycles. The summed E-state index contributed by atoms with van der Waals surface area (Å²) < 4.78 is 10.9. The van der Waals surface area contributed by atoms with Gasteiger partial charge in [0.05, 0.1) is 0 Å². The van der Waals surface area contributed by atoms with Gasteiger partial charge in [-0.3, -0.25) is 10.1 Å². The number of allylic oxidation sites excluding steroid dienone is 1. The maximum absolute atomic E-state index is 10.8. The first kappa shape index (κ1) is 17.1. The van der Waals surface area contributed by atoms with Crippen LogP contribution in [-0.2, 0) is 9.47 Å². The Hall–Kier alpha value is -0.940. The highest BCUT2D eigenvalue weighted by molar-refractivity contribution is 4.76. The second kappa shape index (κ2) is 9.08. The van der Waals surface area contributed by atoms with Crippen LogP contribution in [0.4, 0.5) is 0 Å². The molecule has 0 amide bonds. The second-order valence-corrected chi connectivity index (χ2v) is 5.79. The number of nitrogens with zero attached hydrogens (tertiary/aromatic N) is 1. The molecule has 20 heavy (non-hydrogen) atoms. The van der Waals surface area contributed by atoms with E-state index in [1.807, 2.05) is 6.08 Å². The highest BCUT2D eigenvalue weighted by Crippen LogP contribution is 2.21. The van der Waals surface area contributed by atoms with Crippen molar-refractivity contribution in [1.29, 1.82) is 0 Å². The van der Waals surface area contributed by atoms with Crippen molar-refractivity contribution in [2.45, 2.75) is 70.1 Å². The first-order valence-electron chi connectivity index (χ1n) is 7.57. The Kier molecular flexibility index (Phi) is 7.77. The fourth-order valence-corrected chi connectivity index (χ4v) is 2.21. The van der Waals surface area contributed by atoms with E-state index >= 15 is 0 Å². The van der Waals surface area contributed by atoms with Gasteiger partial charge in [0.1, 0.15) is 13.2 Å². The van der Waals surface area contributed by atoms with Crippen LogP contribution in [0.2, 0.25) is 0 Å². The van der Waals surface area contributed by atoms with Gasteiger partial charge in [0.15, 0.2) is 6.29 Å². The highest BCUT2D eigenvalue weighted by Gasteiger charge is 2.43. The lowest BCUT2D eigenvalue weighted by molar-refractivity contribution is -0.586. The van der Waals surface area contributed by atoms with E-state index in [4.69, 9.17) is 9.47 Å². The minimum absolute atomic E-state index is 0.145. The smallest absolute Gasteiger partial charge is 0.265 e. The van der Waals surface area contributed by atoms with Crippen molar-refractivity contribution in [3.05, 3.63) is 22.8 Å². The number of hydrogen-bond donors (Lipinski definition) is 0. The largest absolute Gasteiger partial charge is 0.345 e. The van der Waals surface area contributed by atoms with E-state index in [9.17, 15) is 10.1 Å². The van der Waals surface area contributed by atoms with E-state index in [1.54, 1.807) is 6.92 Å². The average molecular weight is 285 g/mol. The number of nitro groups is 1. The van der Waals surface area contributed by atoms with Crippen LogP contribution in [0.1, 0.15) is 58.3 Å². The lowest BCUT2D eigenvalue weighted by atomic mass is 10.1. The van der Waals surface area contributed by atoms with Crippen LogP contribution >= 0.6 is 0 Å². The molecule has 0 N–H and O–H groups in total. The van der Waals surface area contributed by atoms with Crippen LogP contribution < -0.4 is 0 Å². The molecule has 0 aromatic heterocycles. The van der Waals surface area contributed by atoms with Gasteiger partial charge in [-0.2, -0.15) is 0 Å². The van der Waals surface area contributed by atoms with Gasteiger partial charge in [-0.05, 0) is 25.7 Å². The van der Waals surface area contributed by atoms with E-state index in [0.29, 0.717) is 0 Å². The van der Waals surface area contributed by atoms with Gasteiger partial charge in [-0.25, -0.2) is 0 Å². The summed E-state index contributed by atoms with van der Waals surface area (Å²) >= 11 is 0. The number of unbranched alkanes of at least 4 members (excludes halogenated alkanes) is 6. The number of rotatable bonds is 10. The number of ether oxygens (including phenoxy) is 2. The van der Waals surface area contributed by atoms with Gasteiger partial charge in [0, 0.05) is 11.8 Å². The molecular weight excluding hydrogens is 258 g/mol. The van der Waals surface area contributed by atoms with Gasteiger partial charge < -0.3 is 9.47 Å². The summed E-state index contributed by atoms with van der Waals surface area (Å²) in [4.78, 5) is 10.5. The van der Waals surface area contributed by atoms with Gasteiger partial charge in [-0.1, -0.05) is 31.8 Å². The number of hydrogen-bond acceptors (Lipinski definition) is 4. The van der Waals surface area contributed by atoms with Crippen molar-refractivity contribution >= 4 is 0 Å². The van der Waals surface area contributed by atoms with E-state index in [0.717, 1.165) is 19.3 Å². The van der Waals surface area contributed by atoms with Crippen LogP contribution in [0, 0.1) is 10.1 Å². The van der Waals surface area contributed by atoms with Crippen molar-refractivity contribution in [2.24, 2.45) is 0 Å². The third kappa shape index (κ3) is 6.01. The van der Waals surface area contributed by atoms with Crippen molar-refractivity contribution in [1.82, 2.24) is 0 Å². The molecule has 0 atom stereocenters.